The minimum atomic E-state index is -0.598. The van der Waals surface area contributed by atoms with Crippen molar-refractivity contribution in [3.8, 4) is 17.0 Å². The molecule has 0 aliphatic carbocycles. The van der Waals surface area contributed by atoms with Crippen LogP contribution in [0.15, 0.2) is 18.2 Å². The average Bonchev–Trinajstić information content (AvgIpc) is 3.06. The van der Waals surface area contributed by atoms with Crippen LogP contribution in [0.4, 0.5) is 0 Å². The second-order valence-electron chi connectivity index (χ2n) is 5.30. The van der Waals surface area contributed by atoms with Crippen LogP contribution in [0.5, 0.6) is 5.75 Å². The highest BCUT2D eigenvalue weighted by molar-refractivity contribution is 7.99. The number of carbonyl (C=O) groups excluding carboxylic acids is 1. The normalized spacial score (nSPS) is 15.5. The van der Waals surface area contributed by atoms with E-state index in [9.17, 15) is 4.79 Å². The molecule has 7 nitrogen and oxygen atoms in total. The van der Waals surface area contributed by atoms with E-state index in [0.717, 1.165) is 48.0 Å². The van der Waals surface area contributed by atoms with Gasteiger partial charge in [-0.15, -0.1) is 0 Å². The first-order valence-corrected chi connectivity index (χ1v) is 8.52. The van der Waals surface area contributed by atoms with Crippen LogP contribution in [-0.2, 0) is 6.54 Å². The van der Waals surface area contributed by atoms with Gasteiger partial charge in [-0.2, -0.15) is 27.2 Å². The number of amides is 1. The van der Waals surface area contributed by atoms with Crippen molar-refractivity contribution < 1.29 is 9.53 Å². The summed E-state index contributed by atoms with van der Waals surface area (Å²) >= 11 is 1.98. The summed E-state index contributed by atoms with van der Waals surface area (Å²) in [6.07, 6.45) is 0. The van der Waals surface area contributed by atoms with Gasteiger partial charge in [0.25, 0.3) is 5.91 Å². The lowest BCUT2D eigenvalue weighted by Gasteiger charge is -2.26. The van der Waals surface area contributed by atoms with Gasteiger partial charge in [-0.3, -0.25) is 9.69 Å². The maximum atomic E-state index is 11.4. The number of thioether (sulfide) groups is 1. The summed E-state index contributed by atoms with van der Waals surface area (Å²) in [6, 6.07) is 5.74. The Morgan fingerprint density at radius 1 is 1.39 bits per heavy atom. The first-order chi connectivity index (χ1) is 11.2. The molecule has 2 aromatic rings. The van der Waals surface area contributed by atoms with Gasteiger partial charge in [0, 0.05) is 42.3 Å². The Balaban J connectivity index is 1.92. The minimum Gasteiger partial charge on any atom is -0.496 e. The zero-order valence-electron chi connectivity index (χ0n) is 12.9. The molecular formula is C15H19N5O2S. The number of aromatic nitrogens is 3. The molecule has 0 saturated carbocycles. The molecule has 1 aliphatic heterocycles. The van der Waals surface area contributed by atoms with E-state index in [0.29, 0.717) is 5.69 Å². The molecule has 3 N–H and O–H groups in total. The number of nitrogens with one attached hydrogen (secondary N) is 1. The largest absolute Gasteiger partial charge is 0.496 e. The van der Waals surface area contributed by atoms with E-state index in [2.05, 4.69) is 20.3 Å². The number of hydrogen-bond acceptors (Lipinski definition) is 6. The Morgan fingerprint density at radius 2 is 2.17 bits per heavy atom. The van der Waals surface area contributed by atoms with E-state index in [1.807, 2.05) is 30.0 Å². The van der Waals surface area contributed by atoms with Crippen LogP contribution in [0, 0.1) is 0 Å². The van der Waals surface area contributed by atoms with E-state index in [1.165, 1.54) is 0 Å². The van der Waals surface area contributed by atoms with Gasteiger partial charge >= 0.3 is 0 Å². The molecule has 1 amide bonds. The summed E-state index contributed by atoms with van der Waals surface area (Å²) in [5, 5.41) is 10.3. The fourth-order valence-corrected chi connectivity index (χ4v) is 3.63. The van der Waals surface area contributed by atoms with Crippen LogP contribution in [0.2, 0.25) is 0 Å². The van der Waals surface area contributed by atoms with Gasteiger partial charge in [-0.05, 0) is 18.2 Å². The smallest absolute Gasteiger partial charge is 0.271 e. The first-order valence-electron chi connectivity index (χ1n) is 7.37. The standard InChI is InChI=1S/C15H19N5O2S/c1-22-12-3-2-10(13-14(15(16)21)18-19-17-13)8-11(12)9-20-4-6-23-7-5-20/h2-3,8H,4-7,9H2,1H3,(H2,16,21)(H,17,18,19). The number of H-pyrrole nitrogens is 1. The summed E-state index contributed by atoms with van der Waals surface area (Å²) in [6.45, 7) is 2.93. The van der Waals surface area contributed by atoms with Crippen molar-refractivity contribution in [1.29, 1.82) is 0 Å². The number of ether oxygens (including phenoxy) is 1. The number of nitrogens with zero attached hydrogens (tertiary/aromatic N) is 3. The third-order valence-corrected chi connectivity index (χ3v) is 4.78. The molecule has 2 heterocycles. The molecule has 3 rings (SSSR count). The van der Waals surface area contributed by atoms with Gasteiger partial charge in [0.05, 0.1) is 7.11 Å². The number of nitrogens with two attached hydrogens (primary N) is 1. The van der Waals surface area contributed by atoms with Crippen molar-refractivity contribution in [1.82, 2.24) is 20.3 Å². The van der Waals surface area contributed by atoms with E-state index in [4.69, 9.17) is 10.5 Å². The monoisotopic (exact) mass is 333 g/mol. The van der Waals surface area contributed by atoms with Gasteiger partial charge in [-0.25, -0.2) is 0 Å². The summed E-state index contributed by atoms with van der Waals surface area (Å²) in [4.78, 5) is 13.8. The van der Waals surface area contributed by atoms with Crippen LogP contribution in [0.3, 0.4) is 0 Å². The van der Waals surface area contributed by atoms with Crippen LogP contribution >= 0.6 is 11.8 Å². The Labute approximate surface area is 138 Å². The highest BCUT2D eigenvalue weighted by atomic mass is 32.2. The zero-order valence-corrected chi connectivity index (χ0v) is 13.7. The Morgan fingerprint density at radius 3 is 2.87 bits per heavy atom. The number of carbonyl (C=O) groups is 1. The number of primary amides is 1. The lowest BCUT2D eigenvalue weighted by molar-refractivity contribution is 0.0996. The fourth-order valence-electron chi connectivity index (χ4n) is 2.65. The molecule has 1 fully saturated rings. The van der Waals surface area contributed by atoms with Gasteiger partial charge < -0.3 is 10.5 Å². The van der Waals surface area contributed by atoms with Crippen LogP contribution in [0.1, 0.15) is 16.1 Å². The Hall–Kier alpha value is -2.06. The molecule has 1 aliphatic rings. The third-order valence-electron chi connectivity index (χ3n) is 3.83. The number of hydrogen-bond donors (Lipinski definition) is 2. The summed E-state index contributed by atoms with van der Waals surface area (Å²) in [5.41, 5.74) is 7.83. The van der Waals surface area contributed by atoms with Crippen LogP contribution in [-0.4, -0.2) is 57.9 Å². The summed E-state index contributed by atoms with van der Waals surface area (Å²) in [5.74, 6) is 2.53. The van der Waals surface area contributed by atoms with Crippen molar-refractivity contribution in [3.05, 3.63) is 29.5 Å². The molecule has 0 atom stereocenters. The second kappa shape index (κ2) is 7.01. The maximum Gasteiger partial charge on any atom is 0.271 e. The van der Waals surface area contributed by atoms with E-state index >= 15 is 0 Å². The molecule has 0 spiro atoms. The molecule has 1 aromatic carbocycles. The third kappa shape index (κ3) is 3.48. The molecule has 122 valence electrons. The van der Waals surface area contributed by atoms with Gasteiger partial charge in [0.2, 0.25) is 0 Å². The molecule has 1 aromatic heterocycles. The summed E-state index contributed by atoms with van der Waals surface area (Å²) in [7, 11) is 1.66. The maximum absolute atomic E-state index is 11.4. The zero-order chi connectivity index (χ0) is 16.2. The fraction of sp³-hybridized carbons (Fsp3) is 0.400. The van der Waals surface area contributed by atoms with E-state index in [-0.39, 0.29) is 5.69 Å². The highest BCUT2D eigenvalue weighted by Crippen LogP contribution is 2.28. The first kappa shape index (κ1) is 15.8. The van der Waals surface area contributed by atoms with Gasteiger partial charge in [0.1, 0.15) is 11.4 Å². The SMILES string of the molecule is COc1ccc(-c2n[nH]nc2C(N)=O)cc1CN1CCSCC1. The number of methoxy groups -OCH3 is 1. The minimum absolute atomic E-state index is 0.149. The predicted octanol–water partition coefficient (Wildman–Crippen LogP) is 1.13. The highest BCUT2D eigenvalue weighted by Gasteiger charge is 2.18. The molecule has 0 bridgehead atoms. The Kier molecular flexibility index (Phi) is 4.82. The van der Waals surface area contributed by atoms with Crippen molar-refractivity contribution in [2.45, 2.75) is 6.54 Å². The molecule has 23 heavy (non-hydrogen) atoms. The number of benzene rings is 1. The van der Waals surface area contributed by atoms with E-state index in [1.54, 1.807) is 7.11 Å². The van der Waals surface area contributed by atoms with Crippen molar-refractivity contribution in [3.63, 3.8) is 0 Å². The number of rotatable bonds is 5. The van der Waals surface area contributed by atoms with E-state index < -0.39 is 5.91 Å². The van der Waals surface area contributed by atoms with Crippen molar-refractivity contribution in [2.24, 2.45) is 5.73 Å². The summed E-state index contributed by atoms with van der Waals surface area (Å²) < 4.78 is 5.47. The molecular weight excluding hydrogens is 314 g/mol. The van der Waals surface area contributed by atoms with Crippen LogP contribution in [0.25, 0.3) is 11.3 Å². The molecule has 1 saturated heterocycles. The van der Waals surface area contributed by atoms with Crippen molar-refractivity contribution >= 4 is 17.7 Å². The topological polar surface area (TPSA) is 97.1 Å². The van der Waals surface area contributed by atoms with Crippen molar-refractivity contribution in [2.75, 3.05) is 31.7 Å². The molecule has 0 radical (unpaired) electrons. The van der Waals surface area contributed by atoms with Crippen LogP contribution < -0.4 is 10.5 Å². The predicted molar refractivity (Wildman–Crippen MR) is 89.5 cm³/mol. The lowest BCUT2D eigenvalue weighted by atomic mass is 10.0. The average molecular weight is 333 g/mol. The molecule has 0 unspecified atom stereocenters. The molecule has 8 heteroatoms. The van der Waals surface area contributed by atoms with Gasteiger partial charge in [-0.1, -0.05) is 0 Å². The lowest BCUT2D eigenvalue weighted by Crippen LogP contribution is -2.32. The van der Waals surface area contributed by atoms with Gasteiger partial charge in [0.15, 0.2) is 5.69 Å². The Bertz CT molecular complexity index is 697. The quantitative estimate of drug-likeness (QED) is 0.851. The number of aromatic amines is 1. The second-order valence-corrected chi connectivity index (χ2v) is 6.52.